The Bertz CT molecular complexity index is 415. The summed E-state index contributed by atoms with van der Waals surface area (Å²) in [7, 11) is 0. The molecule has 0 saturated carbocycles. The molecule has 1 fully saturated rings. The summed E-state index contributed by atoms with van der Waals surface area (Å²) in [6.07, 6.45) is 0.853. The van der Waals surface area contributed by atoms with Gasteiger partial charge in [0.1, 0.15) is 0 Å². The molecule has 0 aromatic heterocycles. The van der Waals surface area contributed by atoms with Crippen LogP contribution in [0, 0.1) is 0 Å². The van der Waals surface area contributed by atoms with E-state index in [4.69, 9.17) is 22.1 Å². The van der Waals surface area contributed by atoms with E-state index in [9.17, 15) is 4.79 Å². The van der Waals surface area contributed by atoms with Gasteiger partial charge < -0.3 is 15.4 Å². The largest absolute Gasteiger partial charge is 0.399 e. The second kappa shape index (κ2) is 5.38. The standard InChI is InChI=1S/C12H15ClN2O2/c13-11-3-2-9(14)8-10(11)12(16)15-4-1-6-17-7-5-15/h2-3,8H,1,4-7,14H2. The first kappa shape index (κ1) is 12.2. The summed E-state index contributed by atoms with van der Waals surface area (Å²) in [6, 6.07) is 4.96. The topological polar surface area (TPSA) is 55.6 Å². The van der Waals surface area contributed by atoms with E-state index in [0.29, 0.717) is 42.6 Å². The number of carbonyl (C=O) groups is 1. The SMILES string of the molecule is Nc1ccc(Cl)c(C(=O)N2CCCOCC2)c1. The number of ether oxygens (including phenoxy) is 1. The average Bonchev–Trinajstić information content (AvgIpc) is 2.60. The molecule has 0 bridgehead atoms. The third-order valence-electron chi connectivity index (χ3n) is 2.73. The normalized spacial score (nSPS) is 16.6. The Morgan fingerprint density at radius 2 is 2.18 bits per heavy atom. The number of hydrogen-bond donors (Lipinski definition) is 1. The number of nitrogens with zero attached hydrogens (tertiary/aromatic N) is 1. The zero-order valence-electron chi connectivity index (χ0n) is 9.49. The minimum Gasteiger partial charge on any atom is -0.399 e. The predicted octanol–water partition coefficient (Wildman–Crippen LogP) is 1.78. The number of anilines is 1. The van der Waals surface area contributed by atoms with Crippen molar-refractivity contribution in [3.63, 3.8) is 0 Å². The van der Waals surface area contributed by atoms with Gasteiger partial charge in [0.15, 0.2) is 0 Å². The first-order valence-corrected chi connectivity index (χ1v) is 5.98. The van der Waals surface area contributed by atoms with Crippen molar-refractivity contribution in [3.05, 3.63) is 28.8 Å². The number of rotatable bonds is 1. The molecule has 1 aliphatic rings. The summed E-state index contributed by atoms with van der Waals surface area (Å²) in [5.41, 5.74) is 6.68. The summed E-state index contributed by atoms with van der Waals surface area (Å²) < 4.78 is 5.31. The van der Waals surface area contributed by atoms with Gasteiger partial charge in [-0.3, -0.25) is 4.79 Å². The van der Waals surface area contributed by atoms with Crippen molar-refractivity contribution in [3.8, 4) is 0 Å². The van der Waals surface area contributed by atoms with Crippen molar-refractivity contribution in [2.45, 2.75) is 6.42 Å². The average molecular weight is 255 g/mol. The molecular weight excluding hydrogens is 240 g/mol. The quantitative estimate of drug-likeness (QED) is 0.778. The van der Waals surface area contributed by atoms with Crippen LogP contribution in [0.2, 0.25) is 5.02 Å². The zero-order chi connectivity index (χ0) is 12.3. The van der Waals surface area contributed by atoms with E-state index in [1.54, 1.807) is 23.1 Å². The number of carbonyl (C=O) groups excluding carboxylic acids is 1. The van der Waals surface area contributed by atoms with E-state index in [0.717, 1.165) is 6.42 Å². The number of benzene rings is 1. The molecule has 1 aliphatic heterocycles. The Morgan fingerprint density at radius 3 is 3.00 bits per heavy atom. The molecule has 0 unspecified atom stereocenters. The van der Waals surface area contributed by atoms with Gasteiger partial charge in [-0.2, -0.15) is 0 Å². The molecule has 0 radical (unpaired) electrons. The van der Waals surface area contributed by atoms with Gasteiger partial charge >= 0.3 is 0 Å². The van der Waals surface area contributed by atoms with Crippen LogP contribution in [-0.2, 0) is 4.74 Å². The fraction of sp³-hybridized carbons (Fsp3) is 0.417. The van der Waals surface area contributed by atoms with E-state index < -0.39 is 0 Å². The number of nitrogens with two attached hydrogens (primary N) is 1. The fourth-order valence-electron chi connectivity index (χ4n) is 1.83. The highest BCUT2D eigenvalue weighted by molar-refractivity contribution is 6.34. The third-order valence-corrected chi connectivity index (χ3v) is 3.06. The Hall–Kier alpha value is -1.26. The van der Waals surface area contributed by atoms with E-state index in [1.807, 2.05) is 0 Å². The minimum atomic E-state index is -0.0761. The van der Waals surface area contributed by atoms with Gasteiger partial charge in [0.2, 0.25) is 0 Å². The zero-order valence-corrected chi connectivity index (χ0v) is 10.2. The summed E-state index contributed by atoms with van der Waals surface area (Å²) in [4.78, 5) is 14.0. The molecular formula is C12H15ClN2O2. The summed E-state index contributed by atoms with van der Waals surface area (Å²) in [6.45, 7) is 2.58. The van der Waals surface area contributed by atoms with Gasteiger partial charge in [-0.15, -0.1) is 0 Å². The van der Waals surface area contributed by atoms with Crippen LogP contribution in [0.5, 0.6) is 0 Å². The Labute approximate surface area is 105 Å². The van der Waals surface area contributed by atoms with E-state index in [2.05, 4.69) is 0 Å². The molecule has 1 heterocycles. The highest BCUT2D eigenvalue weighted by Crippen LogP contribution is 2.21. The van der Waals surface area contributed by atoms with E-state index in [1.165, 1.54) is 0 Å². The van der Waals surface area contributed by atoms with Crippen molar-refractivity contribution >= 4 is 23.2 Å². The molecule has 2 N–H and O–H groups in total. The van der Waals surface area contributed by atoms with Crippen LogP contribution < -0.4 is 5.73 Å². The molecule has 1 aromatic rings. The van der Waals surface area contributed by atoms with Gasteiger partial charge in [-0.05, 0) is 24.6 Å². The Morgan fingerprint density at radius 1 is 1.35 bits per heavy atom. The molecule has 5 heteroatoms. The van der Waals surface area contributed by atoms with Crippen LogP contribution in [0.15, 0.2) is 18.2 Å². The molecule has 1 amide bonds. The first-order chi connectivity index (χ1) is 8.18. The highest BCUT2D eigenvalue weighted by Gasteiger charge is 2.19. The summed E-state index contributed by atoms with van der Waals surface area (Å²) in [5.74, 6) is -0.0761. The predicted molar refractivity (Wildman–Crippen MR) is 67.2 cm³/mol. The van der Waals surface area contributed by atoms with Crippen LogP contribution in [0.3, 0.4) is 0 Å². The lowest BCUT2D eigenvalue weighted by molar-refractivity contribution is 0.0741. The number of halogens is 1. The maximum atomic E-state index is 12.3. The molecule has 1 saturated heterocycles. The van der Waals surface area contributed by atoms with Crippen molar-refractivity contribution in [2.75, 3.05) is 32.0 Å². The number of hydrogen-bond acceptors (Lipinski definition) is 3. The maximum absolute atomic E-state index is 12.3. The molecule has 4 nitrogen and oxygen atoms in total. The molecule has 1 aromatic carbocycles. The van der Waals surface area contributed by atoms with Crippen molar-refractivity contribution in [1.82, 2.24) is 4.90 Å². The van der Waals surface area contributed by atoms with Crippen LogP contribution in [0.1, 0.15) is 16.8 Å². The van der Waals surface area contributed by atoms with Gasteiger partial charge in [-0.1, -0.05) is 11.6 Å². The maximum Gasteiger partial charge on any atom is 0.255 e. The van der Waals surface area contributed by atoms with E-state index >= 15 is 0 Å². The molecule has 0 atom stereocenters. The van der Waals surface area contributed by atoms with Crippen molar-refractivity contribution in [1.29, 1.82) is 0 Å². The van der Waals surface area contributed by atoms with Crippen LogP contribution >= 0.6 is 11.6 Å². The smallest absolute Gasteiger partial charge is 0.255 e. The summed E-state index contributed by atoms with van der Waals surface area (Å²) >= 11 is 6.02. The number of amides is 1. The second-order valence-electron chi connectivity index (χ2n) is 4.00. The van der Waals surface area contributed by atoms with Crippen LogP contribution in [0.4, 0.5) is 5.69 Å². The molecule has 0 spiro atoms. The fourth-order valence-corrected chi connectivity index (χ4v) is 2.02. The van der Waals surface area contributed by atoms with Crippen molar-refractivity contribution < 1.29 is 9.53 Å². The van der Waals surface area contributed by atoms with Gasteiger partial charge in [0, 0.05) is 25.4 Å². The van der Waals surface area contributed by atoms with Gasteiger partial charge in [-0.25, -0.2) is 0 Å². The van der Waals surface area contributed by atoms with Gasteiger partial charge in [0.05, 0.1) is 17.2 Å². The molecule has 92 valence electrons. The monoisotopic (exact) mass is 254 g/mol. The third kappa shape index (κ3) is 2.90. The first-order valence-electron chi connectivity index (χ1n) is 5.60. The molecule has 2 rings (SSSR count). The van der Waals surface area contributed by atoms with Crippen LogP contribution in [-0.4, -0.2) is 37.1 Å². The summed E-state index contributed by atoms with van der Waals surface area (Å²) in [5, 5.41) is 0.439. The van der Waals surface area contributed by atoms with Gasteiger partial charge in [0.25, 0.3) is 5.91 Å². The van der Waals surface area contributed by atoms with E-state index in [-0.39, 0.29) is 5.91 Å². The lowest BCUT2D eigenvalue weighted by Crippen LogP contribution is -2.33. The lowest BCUT2D eigenvalue weighted by atomic mass is 10.1. The molecule has 0 aliphatic carbocycles. The second-order valence-corrected chi connectivity index (χ2v) is 4.40. The van der Waals surface area contributed by atoms with Crippen molar-refractivity contribution in [2.24, 2.45) is 0 Å². The Kier molecular flexibility index (Phi) is 3.86. The lowest BCUT2D eigenvalue weighted by Gasteiger charge is -2.20. The minimum absolute atomic E-state index is 0.0761. The Balaban J connectivity index is 2.20. The molecule has 17 heavy (non-hydrogen) atoms. The highest BCUT2D eigenvalue weighted by atomic mass is 35.5. The number of nitrogen functional groups attached to an aromatic ring is 1. The van der Waals surface area contributed by atoms with Crippen LogP contribution in [0.25, 0.3) is 0 Å².